The summed E-state index contributed by atoms with van der Waals surface area (Å²) in [5, 5.41) is 0. The fraction of sp³-hybridized carbons (Fsp3) is 0.455. The van der Waals surface area contributed by atoms with Gasteiger partial charge >= 0.3 is 0 Å². The summed E-state index contributed by atoms with van der Waals surface area (Å²) in [6.07, 6.45) is 1.14. The van der Waals surface area contributed by atoms with Crippen molar-refractivity contribution in [2.45, 2.75) is 31.0 Å². The molecule has 14 heavy (non-hydrogen) atoms. The topological polar surface area (TPSA) is 26.0 Å². The minimum atomic E-state index is -0.916. The predicted octanol–water partition coefficient (Wildman–Crippen LogP) is 2.82. The van der Waals surface area contributed by atoms with Crippen LogP contribution in [0, 0.1) is 0 Å². The van der Waals surface area contributed by atoms with Gasteiger partial charge in [0.1, 0.15) is 6.17 Å². The van der Waals surface area contributed by atoms with Crippen LogP contribution in [-0.4, -0.2) is 11.7 Å². The second-order valence-corrected chi connectivity index (χ2v) is 4.85. The molecule has 0 saturated heterocycles. The van der Waals surface area contributed by atoms with Gasteiger partial charge in [-0.15, -0.1) is 0 Å². The lowest BCUT2D eigenvalue weighted by Gasteiger charge is -2.15. The van der Waals surface area contributed by atoms with Crippen LogP contribution in [0.5, 0.6) is 0 Å². The molecule has 1 unspecified atom stereocenters. The van der Waals surface area contributed by atoms with Crippen molar-refractivity contribution in [2.75, 3.05) is 0 Å². The van der Waals surface area contributed by atoms with E-state index in [0.29, 0.717) is 6.42 Å². The lowest BCUT2D eigenvalue weighted by Crippen LogP contribution is -2.35. The Labute approximate surface area is 91.6 Å². The molecule has 0 aromatic heterocycles. The van der Waals surface area contributed by atoms with Crippen LogP contribution in [0.4, 0.5) is 4.39 Å². The maximum atomic E-state index is 13.7. The van der Waals surface area contributed by atoms with Crippen molar-refractivity contribution >= 4 is 15.9 Å². The fourth-order valence-electron chi connectivity index (χ4n) is 1.52. The molecule has 0 aliphatic heterocycles. The molecule has 1 aliphatic carbocycles. The Hall–Kier alpha value is -0.410. The van der Waals surface area contributed by atoms with Gasteiger partial charge in [0.05, 0.1) is 0 Å². The highest BCUT2D eigenvalue weighted by Gasteiger charge is 2.46. The number of benzene rings is 1. The van der Waals surface area contributed by atoms with Crippen LogP contribution in [0.25, 0.3) is 0 Å². The second-order valence-electron chi connectivity index (χ2n) is 4.00. The average Bonchev–Trinajstić information content (AvgIpc) is 2.89. The third-order valence-corrected chi connectivity index (χ3v) is 3.58. The second kappa shape index (κ2) is 3.63. The van der Waals surface area contributed by atoms with E-state index in [0.717, 1.165) is 22.9 Å². The standard InChI is InChI=1S/C11H13BrFN/c12-9-4-2-1-3-8(9)7-10(13)11(14)5-6-11/h1-4,10H,5-7,14H2. The van der Waals surface area contributed by atoms with E-state index < -0.39 is 11.7 Å². The molecule has 1 saturated carbocycles. The number of nitrogens with two attached hydrogens (primary N) is 1. The Balaban J connectivity index is 2.07. The SMILES string of the molecule is NC1(C(F)Cc2ccccc2Br)CC1. The van der Waals surface area contributed by atoms with Crippen LogP contribution in [0.1, 0.15) is 18.4 Å². The summed E-state index contributed by atoms with van der Waals surface area (Å²) < 4.78 is 14.7. The van der Waals surface area contributed by atoms with Gasteiger partial charge in [-0.3, -0.25) is 0 Å². The molecule has 2 rings (SSSR count). The average molecular weight is 258 g/mol. The molecular weight excluding hydrogens is 245 g/mol. The summed E-state index contributed by atoms with van der Waals surface area (Å²) in [6, 6.07) is 7.71. The van der Waals surface area contributed by atoms with Crippen LogP contribution < -0.4 is 5.73 Å². The van der Waals surface area contributed by atoms with E-state index in [1.54, 1.807) is 0 Å². The Morgan fingerprint density at radius 2 is 2.07 bits per heavy atom. The van der Waals surface area contributed by atoms with Gasteiger partial charge in [0.2, 0.25) is 0 Å². The Morgan fingerprint density at radius 1 is 1.43 bits per heavy atom. The number of alkyl halides is 1. The van der Waals surface area contributed by atoms with Gasteiger partial charge in [-0.05, 0) is 24.5 Å². The van der Waals surface area contributed by atoms with Crippen molar-refractivity contribution < 1.29 is 4.39 Å². The third-order valence-electron chi connectivity index (χ3n) is 2.81. The van der Waals surface area contributed by atoms with Crippen molar-refractivity contribution in [2.24, 2.45) is 5.73 Å². The third kappa shape index (κ3) is 1.98. The zero-order chi connectivity index (χ0) is 10.2. The zero-order valence-corrected chi connectivity index (χ0v) is 9.43. The van der Waals surface area contributed by atoms with Crippen molar-refractivity contribution in [1.82, 2.24) is 0 Å². The maximum Gasteiger partial charge on any atom is 0.122 e. The highest BCUT2D eigenvalue weighted by molar-refractivity contribution is 9.10. The zero-order valence-electron chi connectivity index (χ0n) is 7.84. The van der Waals surface area contributed by atoms with Gasteiger partial charge in [0.25, 0.3) is 0 Å². The molecule has 1 fully saturated rings. The molecule has 0 bridgehead atoms. The molecule has 1 aliphatic rings. The van der Waals surface area contributed by atoms with Crippen LogP contribution >= 0.6 is 15.9 Å². The molecule has 0 heterocycles. The van der Waals surface area contributed by atoms with Gasteiger partial charge in [0, 0.05) is 16.4 Å². The van der Waals surface area contributed by atoms with Crippen molar-refractivity contribution in [3.8, 4) is 0 Å². The summed E-state index contributed by atoms with van der Waals surface area (Å²) in [4.78, 5) is 0. The lowest BCUT2D eigenvalue weighted by atomic mass is 10.0. The van der Waals surface area contributed by atoms with E-state index in [-0.39, 0.29) is 0 Å². The first-order valence-electron chi connectivity index (χ1n) is 4.78. The number of hydrogen-bond acceptors (Lipinski definition) is 1. The van der Waals surface area contributed by atoms with Crippen molar-refractivity contribution in [1.29, 1.82) is 0 Å². The minimum absolute atomic E-state index is 0.415. The smallest absolute Gasteiger partial charge is 0.122 e. The van der Waals surface area contributed by atoms with Crippen molar-refractivity contribution in [3.63, 3.8) is 0 Å². The van der Waals surface area contributed by atoms with E-state index in [1.165, 1.54) is 0 Å². The number of halogens is 2. The van der Waals surface area contributed by atoms with Crippen LogP contribution in [-0.2, 0) is 6.42 Å². The first kappa shape index (κ1) is 10.1. The van der Waals surface area contributed by atoms with Crippen LogP contribution in [0.2, 0.25) is 0 Å². The molecule has 0 spiro atoms. The summed E-state index contributed by atoms with van der Waals surface area (Å²) in [7, 11) is 0. The fourth-order valence-corrected chi connectivity index (χ4v) is 1.96. The molecule has 1 atom stereocenters. The highest BCUT2D eigenvalue weighted by Crippen LogP contribution is 2.39. The first-order chi connectivity index (χ1) is 6.62. The van der Waals surface area contributed by atoms with Crippen molar-refractivity contribution in [3.05, 3.63) is 34.3 Å². The largest absolute Gasteiger partial charge is 0.323 e. The molecule has 0 radical (unpaired) electrons. The number of hydrogen-bond donors (Lipinski definition) is 1. The van der Waals surface area contributed by atoms with E-state index in [9.17, 15) is 4.39 Å². The Bertz CT molecular complexity index is 336. The molecule has 3 heteroatoms. The van der Waals surface area contributed by atoms with Gasteiger partial charge in [-0.2, -0.15) is 0 Å². The van der Waals surface area contributed by atoms with E-state index in [4.69, 9.17) is 5.73 Å². The molecule has 2 N–H and O–H groups in total. The van der Waals surface area contributed by atoms with Gasteiger partial charge < -0.3 is 5.73 Å². The summed E-state index contributed by atoms with van der Waals surface area (Å²) >= 11 is 3.40. The maximum absolute atomic E-state index is 13.7. The van der Waals surface area contributed by atoms with Gasteiger partial charge in [-0.25, -0.2) is 4.39 Å². The number of rotatable bonds is 3. The van der Waals surface area contributed by atoms with Gasteiger partial charge in [0.15, 0.2) is 0 Å². The minimum Gasteiger partial charge on any atom is -0.323 e. The van der Waals surface area contributed by atoms with Crippen LogP contribution in [0.3, 0.4) is 0 Å². The van der Waals surface area contributed by atoms with E-state index in [1.807, 2.05) is 24.3 Å². The Kier molecular flexibility index (Phi) is 2.62. The van der Waals surface area contributed by atoms with E-state index in [2.05, 4.69) is 15.9 Å². The molecule has 76 valence electrons. The molecule has 1 nitrogen and oxygen atoms in total. The summed E-state index contributed by atoms with van der Waals surface area (Å²) in [5.74, 6) is 0. The molecule has 1 aromatic rings. The highest BCUT2D eigenvalue weighted by atomic mass is 79.9. The summed E-state index contributed by atoms with van der Waals surface area (Å²) in [5.41, 5.74) is 6.26. The van der Waals surface area contributed by atoms with E-state index >= 15 is 0 Å². The quantitative estimate of drug-likeness (QED) is 0.886. The lowest BCUT2D eigenvalue weighted by molar-refractivity contribution is 0.266. The normalized spacial score (nSPS) is 20.5. The summed E-state index contributed by atoms with van der Waals surface area (Å²) in [6.45, 7) is 0. The van der Waals surface area contributed by atoms with Crippen LogP contribution in [0.15, 0.2) is 28.7 Å². The molecule has 0 amide bonds. The predicted molar refractivity (Wildman–Crippen MR) is 58.9 cm³/mol. The molecular formula is C11H13BrFN. The Morgan fingerprint density at radius 3 is 2.64 bits per heavy atom. The van der Waals surface area contributed by atoms with Gasteiger partial charge in [-0.1, -0.05) is 34.1 Å². The molecule has 1 aromatic carbocycles. The monoisotopic (exact) mass is 257 g/mol. The first-order valence-corrected chi connectivity index (χ1v) is 5.57.